The fourth-order valence-electron chi connectivity index (χ4n) is 6.24. The molecule has 2 unspecified atom stereocenters. The van der Waals surface area contributed by atoms with Gasteiger partial charge in [0.05, 0.1) is 16.0 Å². The summed E-state index contributed by atoms with van der Waals surface area (Å²) in [5.74, 6) is 0.650. The van der Waals surface area contributed by atoms with Gasteiger partial charge < -0.3 is 11.1 Å². The number of rotatable bonds is 4. The van der Waals surface area contributed by atoms with Crippen LogP contribution in [0.5, 0.6) is 0 Å². The molecule has 27 heavy (non-hydrogen) atoms. The molecule has 0 aromatic carbocycles. The fourth-order valence-corrected chi connectivity index (χ4v) is 7.01. The molecule has 2 aromatic heterocycles. The predicted octanol–water partition coefficient (Wildman–Crippen LogP) is 2.70. The molecule has 142 valence electrons. The minimum atomic E-state index is -0.427. The number of nitrogens with zero attached hydrogens (tertiary/aromatic N) is 2. The SMILES string of the molecule is Cn1nc(C(=O)NC23CC4CC(C2)CC(C(N)=O)(C4)C3)cc1-c1cccs1. The highest BCUT2D eigenvalue weighted by atomic mass is 32.1. The molecule has 4 aliphatic carbocycles. The van der Waals surface area contributed by atoms with Gasteiger partial charge in [-0.3, -0.25) is 14.3 Å². The summed E-state index contributed by atoms with van der Waals surface area (Å²) in [6.45, 7) is 0. The number of carbonyl (C=O) groups is 2. The van der Waals surface area contributed by atoms with E-state index in [-0.39, 0.29) is 17.4 Å². The van der Waals surface area contributed by atoms with Crippen LogP contribution < -0.4 is 11.1 Å². The predicted molar refractivity (Wildman–Crippen MR) is 103 cm³/mol. The van der Waals surface area contributed by atoms with E-state index < -0.39 is 5.41 Å². The summed E-state index contributed by atoms with van der Waals surface area (Å²) >= 11 is 1.63. The molecule has 2 atom stereocenters. The molecule has 0 spiro atoms. The maximum Gasteiger partial charge on any atom is 0.272 e. The van der Waals surface area contributed by atoms with Crippen LogP contribution in [0.1, 0.15) is 49.0 Å². The molecule has 6 nitrogen and oxygen atoms in total. The van der Waals surface area contributed by atoms with Crippen LogP contribution in [-0.2, 0) is 11.8 Å². The van der Waals surface area contributed by atoms with E-state index in [0.717, 1.165) is 36.3 Å². The molecule has 4 saturated carbocycles. The molecule has 6 rings (SSSR count). The average molecular weight is 385 g/mol. The van der Waals surface area contributed by atoms with Crippen LogP contribution in [0, 0.1) is 17.3 Å². The topological polar surface area (TPSA) is 90.0 Å². The minimum Gasteiger partial charge on any atom is -0.369 e. The lowest BCUT2D eigenvalue weighted by molar-refractivity contribution is -0.146. The molecule has 7 heteroatoms. The quantitative estimate of drug-likeness (QED) is 0.849. The number of amides is 2. The molecule has 4 aliphatic rings. The van der Waals surface area contributed by atoms with Crippen molar-refractivity contribution in [2.24, 2.45) is 30.0 Å². The van der Waals surface area contributed by atoms with Gasteiger partial charge in [-0.25, -0.2) is 0 Å². The Kier molecular flexibility index (Phi) is 3.57. The first kappa shape index (κ1) is 17.0. The van der Waals surface area contributed by atoms with Crippen molar-refractivity contribution in [1.29, 1.82) is 0 Å². The fraction of sp³-hybridized carbons (Fsp3) is 0.550. The number of primary amides is 1. The van der Waals surface area contributed by atoms with Crippen LogP contribution in [0.25, 0.3) is 10.6 Å². The number of thiophene rings is 1. The lowest BCUT2D eigenvalue weighted by Crippen LogP contribution is -2.65. The number of hydrogen-bond acceptors (Lipinski definition) is 4. The smallest absolute Gasteiger partial charge is 0.272 e. The largest absolute Gasteiger partial charge is 0.369 e. The molecule has 0 radical (unpaired) electrons. The van der Waals surface area contributed by atoms with Crippen LogP contribution in [0.3, 0.4) is 0 Å². The Morgan fingerprint density at radius 1 is 1.30 bits per heavy atom. The lowest BCUT2D eigenvalue weighted by atomic mass is 9.46. The van der Waals surface area contributed by atoms with E-state index >= 15 is 0 Å². The van der Waals surface area contributed by atoms with Gasteiger partial charge in [0, 0.05) is 12.6 Å². The molecule has 4 fully saturated rings. The van der Waals surface area contributed by atoms with Crippen molar-refractivity contribution in [3.63, 3.8) is 0 Å². The van der Waals surface area contributed by atoms with Crippen molar-refractivity contribution >= 4 is 23.2 Å². The lowest BCUT2D eigenvalue weighted by Gasteiger charge is -2.61. The Balaban J connectivity index is 1.41. The minimum absolute atomic E-state index is 0.144. The standard InChI is InChI=1S/C20H24N4O2S/c1-24-15(16-3-2-4-27-16)6-14(23-24)17(25)22-20-9-12-5-13(10-20)8-19(7-12,11-20)18(21)26/h2-4,6,12-13H,5,7-11H2,1H3,(H2,21,26)(H,22,25). The summed E-state index contributed by atoms with van der Waals surface area (Å²) in [6, 6.07) is 5.87. The summed E-state index contributed by atoms with van der Waals surface area (Å²) in [6.07, 6.45) is 5.53. The van der Waals surface area contributed by atoms with E-state index in [0.29, 0.717) is 24.0 Å². The highest BCUT2D eigenvalue weighted by Crippen LogP contribution is 2.61. The summed E-state index contributed by atoms with van der Waals surface area (Å²) in [4.78, 5) is 26.4. The van der Waals surface area contributed by atoms with Gasteiger partial charge in [-0.1, -0.05) is 6.07 Å². The molecule has 0 aliphatic heterocycles. The third-order valence-corrected chi connectivity index (χ3v) is 7.74. The van der Waals surface area contributed by atoms with Crippen LogP contribution in [0.4, 0.5) is 0 Å². The summed E-state index contributed by atoms with van der Waals surface area (Å²) in [5.41, 5.74) is 6.44. The van der Waals surface area contributed by atoms with E-state index in [9.17, 15) is 9.59 Å². The van der Waals surface area contributed by atoms with E-state index in [1.807, 2.05) is 30.6 Å². The van der Waals surface area contributed by atoms with Gasteiger partial charge in [-0.2, -0.15) is 5.10 Å². The number of aryl methyl sites for hydroxylation is 1. The van der Waals surface area contributed by atoms with Gasteiger partial charge in [-0.15, -0.1) is 11.3 Å². The van der Waals surface area contributed by atoms with Gasteiger partial charge in [0.25, 0.3) is 5.91 Å². The van der Waals surface area contributed by atoms with E-state index in [1.165, 1.54) is 6.42 Å². The normalized spacial score (nSPS) is 34.0. The van der Waals surface area contributed by atoms with E-state index in [1.54, 1.807) is 16.0 Å². The van der Waals surface area contributed by atoms with Crippen molar-refractivity contribution < 1.29 is 9.59 Å². The van der Waals surface area contributed by atoms with Crippen LogP contribution in [-0.4, -0.2) is 27.1 Å². The molecule has 2 aromatic rings. The monoisotopic (exact) mass is 384 g/mol. The summed E-state index contributed by atoms with van der Waals surface area (Å²) < 4.78 is 1.76. The molecular formula is C20H24N4O2S. The third kappa shape index (κ3) is 2.63. The second-order valence-corrected chi connectivity index (χ2v) is 9.80. The first-order valence-electron chi connectivity index (χ1n) is 9.58. The Labute approximate surface area is 162 Å². The zero-order valence-corrected chi connectivity index (χ0v) is 16.2. The second-order valence-electron chi connectivity index (χ2n) is 8.86. The number of hydrogen-bond donors (Lipinski definition) is 2. The molecule has 0 saturated heterocycles. The first-order valence-corrected chi connectivity index (χ1v) is 10.5. The van der Waals surface area contributed by atoms with Crippen LogP contribution in [0.2, 0.25) is 0 Å². The molecule has 2 amide bonds. The molecule has 2 heterocycles. The first-order chi connectivity index (χ1) is 12.9. The molecule has 3 N–H and O–H groups in total. The number of nitrogens with one attached hydrogen (secondary N) is 1. The number of aromatic nitrogens is 2. The van der Waals surface area contributed by atoms with Crippen molar-refractivity contribution in [3.05, 3.63) is 29.3 Å². The van der Waals surface area contributed by atoms with E-state index in [2.05, 4.69) is 10.4 Å². The Hall–Kier alpha value is -2.15. The van der Waals surface area contributed by atoms with Crippen molar-refractivity contribution in [2.75, 3.05) is 0 Å². The van der Waals surface area contributed by atoms with Crippen LogP contribution >= 0.6 is 11.3 Å². The maximum atomic E-state index is 13.0. The third-order valence-electron chi connectivity index (χ3n) is 6.85. The van der Waals surface area contributed by atoms with Gasteiger partial charge in [0.1, 0.15) is 0 Å². The van der Waals surface area contributed by atoms with Crippen molar-refractivity contribution in [1.82, 2.24) is 15.1 Å². The molecule has 4 bridgehead atoms. The zero-order chi connectivity index (χ0) is 18.8. The Bertz CT molecular complexity index is 903. The van der Waals surface area contributed by atoms with Crippen LogP contribution in [0.15, 0.2) is 23.6 Å². The van der Waals surface area contributed by atoms with Crippen molar-refractivity contribution in [2.45, 2.75) is 44.1 Å². The van der Waals surface area contributed by atoms with Gasteiger partial charge >= 0.3 is 0 Å². The molecular weight excluding hydrogens is 360 g/mol. The Morgan fingerprint density at radius 2 is 2.04 bits per heavy atom. The number of nitrogens with two attached hydrogens (primary N) is 1. The van der Waals surface area contributed by atoms with Crippen molar-refractivity contribution in [3.8, 4) is 10.6 Å². The van der Waals surface area contributed by atoms with Gasteiger partial charge in [-0.05, 0) is 67.9 Å². The van der Waals surface area contributed by atoms with E-state index in [4.69, 9.17) is 5.73 Å². The summed E-state index contributed by atoms with van der Waals surface area (Å²) in [7, 11) is 1.86. The maximum absolute atomic E-state index is 13.0. The highest BCUT2D eigenvalue weighted by molar-refractivity contribution is 7.13. The Morgan fingerprint density at radius 3 is 2.67 bits per heavy atom. The summed E-state index contributed by atoms with van der Waals surface area (Å²) in [5, 5.41) is 9.74. The average Bonchev–Trinajstić information content (AvgIpc) is 3.22. The zero-order valence-electron chi connectivity index (χ0n) is 15.4. The van der Waals surface area contributed by atoms with Gasteiger partial charge in [0.15, 0.2) is 5.69 Å². The highest BCUT2D eigenvalue weighted by Gasteiger charge is 2.60. The second kappa shape index (κ2) is 5.67. The van der Waals surface area contributed by atoms with Gasteiger partial charge in [0.2, 0.25) is 5.91 Å². The number of carbonyl (C=O) groups excluding carboxylic acids is 2.